The van der Waals surface area contributed by atoms with Crippen LogP contribution in [0.1, 0.15) is 34.1 Å². The smallest absolute Gasteiger partial charge is 0.102 e. The summed E-state index contributed by atoms with van der Waals surface area (Å²) in [6.45, 7) is 11.1. The van der Waals surface area contributed by atoms with Crippen molar-refractivity contribution in [2.75, 3.05) is 26.3 Å². The van der Waals surface area contributed by atoms with Crippen molar-refractivity contribution in [2.45, 2.75) is 45.7 Å². The third-order valence-corrected chi connectivity index (χ3v) is 3.53. The van der Waals surface area contributed by atoms with Gasteiger partial charge in [-0.2, -0.15) is 0 Å². The van der Waals surface area contributed by atoms with E-state index in [-0.39, 0.29) is 12.2 Å². The second-order valence-electron chi connectivity index (χ2n) is 5.38. The van der Waals surface area contributed by atoms with E-state index >= 15 is 0 Å². The highest BCUT2D eigenvalue weighted by Crippen LogP contribution is 2.21. The summed E-state index contributed by atoms with van der Waals surface area (Å²) in [7, 11) is 0. The highest BCUT2D eigenvalue weighted by molar-refractivity contribution is 4.93. The third kappa shape index (κ3) is 3.42. The zero-order chi connectivity index (χ0) is 11.5. The van der Waals surface area contributed by atoms with Crippen molar-refractivity contribution in [3.05, 3.63) is 0 Å². The van der Waals surface area contributed by atoms with Gasteiger partial charge in [0.15, 0.2) is 0 Å². The van der Waals surface area contributed by atoms with E-state index in [4.69, 9.17) is 0 Å². The van der Waals surface area contributed by atoms with Gasteiger partial charge in [-0.1, -0.05) is 20.3 Å². The van der Waals surface area contributed by atoms with E-state index in [0.29, 0.717) is 18.5 Å². The Kier molecular flexibility index (Phi) is 4.53. The lowest BCUT2D eigenvalue weighted by atomic mass is 9.91. The van der Waals surface area contributed by atoms with Gasteiger partial charge >= 0.3 is 0 Å². The first-order valence-corrected chi connectivity index (χ1v) is 6.05. The molecule has 2 unspecified atom stereocenters. The molecule has 2 atom stereocenters. The molecule has 1 saturated heterocycles. The van der Waals surface area contributed by atoms with Crippen molar-refractivity contribution in [1.29, 1.82) is 0 Å². The van der Waals surface area contributed by atoms with Gasteiger partial charge in [0, 0.05) is 31.2 Å². The fraction of sp³-hybridized carbons (Fsp3) is 1.00. The van der Waals surface area contributed by atoms with E-state index in [1.165, 1.54) is 0 Å². The lowest BCUT2D eigenvalue weighted by Gasteiger charge is -2.46. The number of nitrogens with zero attached hydrogens (tertiary/aromatic N) is 1. The minimum atomic E-state index is -0.233. The van der Waals surface area contributed by atoms with E-state index in [0.717, 1.165) is 19.5 Å². The molecule has 0 aliphatic carbocycles. The summed E-state index contributed by atoms with van der Waals surface area (Å²) in [5, 5.41) is 3.55. The van der Waals surface area contributed by atoms with Crippen LogP contribution in [0.25, 0.3) is 0 Å². The van der Waals surface area contributed by atoms with Gasteiger partial charge in [-0.15, -0.1) is 0 Å². The zero-order valence-corrected chi connectivity index (χ0v) is 10.5. The lowest BCUT2D eigenvalue weighted by Crippen LogP contribution is -2.63. The number of halogens is 1. The van der Waals surface area contributed by atoms with Crippen LogP contribution in [0.5, 0.6) is 0 Å². The quantitative estimate of drug-likeness (QED) is 0.774. The zero-order valence-electron chi connectivity index (χ0n) is 10.5. The molecule has 0 spiro atoms. The lowest BCUT2D eigenvalue weighted by molar-refractivity contribution is 0.0587. The first-order valence-electron chi connectivity index (χ1n) is 6.05. The molecule has 1 rings (SSSR count). The molecule has 0 aromatic carbocycles. The fourth-order valence-corrected chi connectivity index (χ4v) is 2.38. The molecule has 15 heavy (non-hydrogen) atoms. The van der Waals surface area contributed by atoms with Crippen molar-refractivity contribution in [2.24, 2.45) is 5.92 Å². The molecule has 1 fully saturated rings. The Morgan fingerprint density at radius 2 is 2.20 bits per heavy atom. The number of alkyl halides is 1. The molecule has 0 radical (unpaired) electrons. The summed E-state index contributed by atoms with van der Waals surface area (Å²) in [5.74, 6) is 0.639. The average Bonchev–Trinajstić information content (AvgIpc) is 2.16. The first kappa shape index (κ1) is 12.9. The summed E-state index contributed by atoms with van der Waals surface area (Å²) in [5.41, 5.74) is 0.124. The molecule has 90 valence electrons. The Hall–Kier alpha value is -0.150. The Bertz CT molecular complexity index is 194. The van der Waals surface area contributed by atoms with Crippen LogP contribution in [0.15, 0.2) is 0 Å². The molecule has 2 nitrogen and oxygen atoms in total. The molecule has 3 heteroatoms. The van der Waals surface area contributed by atoms with Gasteiger partial charge in [-0.3, -0.25) is 4.90 Å². The van der Waals surface area contributed by atoms with Gasteiger partial charge < -0.3 is 5.32 Å². The summed E-state index contributed by atoms with van der Waals surface area (Å²) in [6.07, 6.45) is 1.16. The molecular formula is C12H25FN2. The topological polar surface area (TPSA) is 15.3 Å². The van der Waals surface area contributed by atoms with Gasteiger partial charge in [0.05, 0.1) is 0 Å². The maximum Gasteiger partial charge on any atom is 0.102 e. The molecule has 0 aromatic rings. The minimum absolute atomic E-state index is 0.124. The Balaban J connectivity index is 2.63. The van der Waals surface area contributed by atoms with E-state index in [9.17, 15) is 4.39 Å². The predicted octanol–water partition coefficient (Wildman–Crippen LogP) is 2.05. The summed E-state index contributed by atoms with van der Waals surface area (Å²) >= 11 is 0. The van der Waals surface area contributed by atoms with Gasteiger partial charge in [0.2, 0.25) is 0 Å². The Morgan fingerprint density at radius 3 is 2.73 bits per heavy atom. The van der Waals surface area contributed by atoms with Gasteiger partial charge in [0.1, 0.15) is 6.67 Å². The number of rotatable bonds is 4. The van der Waals surface area contributed by atoms with Gasteiger partial charge in [-0.25, -0.2) is 4.39 Å². The van der Waals surface area contributed by atoms with Crippen LogP contribution in [0.2, 0.25) is 0 Å². The molecule has 0 amide bonds. The maximum absolute atomic E-state index is 12.5. The summed E-state index contributed by atoms with van der Waals surface area (Å²) < 4.78 is 12.5. The van der Waals surface area contributed by atoms with Crippen LogP contribution >= 0.6 is 0 Å². The minimum Gasteiger partial charge on any atom is -0.309 e. The highest BCUT2D eigenvalue weighted by Gasteiger charge is 2.34. The standard InChI is InChI=1S/C12H25FN2/c1-5-10(2)11-8-14-12(3,4)9-15(11)7-6-13/h10-11,14H,5-9H2,1-4H3. The normalized spacial score (nSPS) is 29.0. The van der Waals surface area contributed by atoms with Crippen molar-refractivity contribution in [1.82, 2.24) is 10.2 Å². The molecule has 0 aromatic heterocycles. The molecule has 1 aliphatic heterocycles. The summed E-state index contributed by atoms with van der Waals surface area (Å²) in [6, 6.07) is 0.499. The van der Waals surface area contributed by atoms with E-state index in [1.807, 2.05) is 0 Å². The van der Waals surface area contributed by atoms with E-state index < -0.39 is 0 Å². The molecule has 1 heterocycles. The molecule has 0 bridgehead atoms. The number of hydrogen-bond donors (Lipinski definition) is 1. The van der Waals surface area contributed by atoms with Crippen LogP contribution in [0, 0.1) is 5.92 Å². The van der Waals surface area contributed by atoms with Crippen LogP contribution in [-0.4, -0.2) is 42.8 Å². The molecule has 0 saturated carbocycles. The Labute approximate surface area is 93.2 Å². The van der Waals surface area contributed by atoms with Crippen LogP contribution < -0.4 is 5.32 Å². The Morgan fingerprint density at radius 1 is 1.53 bits per heavy atom. The van der Waals surface area contributed by atoms with Crippen molar-refractivity contribution in [3.8, 4) is 0 Å². The van der Waals surface area contributed by atoms with Crippen LogP contribution in [0.3, 0.4) is 0 Å². The van der Waals surface area contributed by atoms with Crippen LogP contribution in [0.4, 0.5) is 4.39 Å². The van der Waals surface area contributed by atoms with Crippen molar-refractivity contribution in [3.63, 3.8) is 0 Å². The highest BCUT2D eigenvalue weighted by atomic mass is 19.1. The molecule has 1 aliphatic rings. The second kappa shape index (κ2) is 5.26. The first-order chi connectivity index (χ1) is 7.00. The molecule has 1 N–H and O–H groups in total. The largest absolute Gasteiger partial charge is 0.309 e. The van der Waals surface area contributed by atoms with Gasteiger partial charge in [0.25, 0.3) is 0 Å². The maximum atomic E-state index is 12.5. The number of piperazine rings is 1. The fourth-order valence-electron chi connectivity index (χ4n) is 2.38. The second-order valence-corrected chi connectivity index (χ2v) is 5.38. The SMILES string of the molecule is CCC(C)C1CNC(C)(C)CN1CCF. The average molecular weight is 216 g/mol. The van der Waals surface area contributed by atoms with Gasteiger partial charge in [-0.05, 0) is 19.8 Å². The monoisotopic (exact) mass is 216 g/mol. The summed E-state index contributed by atoms with van der Waals surface area (Å²) in [4.78, 5) is 2.31. The van der Waals surface area contributed by atoms with Crippen molar-refractivity contribution >= 4 is 0 Å². The van der Waals surface area contributed by atoms with E-state index in [1.54, 1.807) is 0 Å². The molecular weight excluding hydrogens is 191 g/mol. The number of hydrogen-bond acceptors (Lipinski definition) is 2. The predicted molar refractivity (Wildman–Crippen MR) is 62.9 cm³/mol. The van der Waals surface area contributed by atoms with Crippen molar-refractivity contribution < 1.29 is 4.39 Å². The number of nitrogens with one attached hydrogen (secondary N) is 1. The van der Waals surface area contributed by atoms with Crippen LogP contribution in [-0.2, 0) is 0 Å². The van der Waals surface area contributed by atoms with E-state index in [2.05, 4.69) is 37.9 Å². The third-order valence-electron chi connectivity index (χ3n) is 3.53.